The zero-order valence-corrected chi connectivity index (χ0v) is 20.7. The molecule has 0 aliphatic carbocycles. The average Bonchev–Trinajstić information content (AvgIpc) is 3.45. The number of nitrogens with one attached hydrogen (secondary N) is 2. The van der Waals surface area contributed by atoms with Crippen LogP contribution in [0.1, 0.15) is 12.7 Å². The molecule has 2 amide bonds. The Labute approximate surface area is 212 Å². The maximum Gasteiger partial charge on any atom is 0.352 e. The van der Waals surface area contributed by atoms with E-state index >= 15 is 0 Å². The van der Waals surface area contributed by atoms with Crippen LogP contribution in [0.5, 0.6) is 0 Å². The van der Waals surface area contributed by atoms with Crippen LogP contribution in [0, 0.1) is 0 Å². The van der Waals surface area contributed by atoms with Crippen molar-refractivity contribution in [3.8, 4) is 0 Å². The first-order valence-electron chi connectivity index (χ1n) is 10.6. The van der Waals surface area contributed by atoms with Gasteiger partial charge >= 0.3 is 5.97 Å². The summed E-state index contributed by atoms with van der Waals surface area (Å²) < 4.78 is 3.96. The van der Waals surface area contributed by atoms with Gasteiger partial charge in [-0.1, -0.05) is 5.16 Å². The Balaban J connectivity index is 1.33. The smallest absolute Gasteiger partial charge is 0.352 e. The summed E-state index contributed by atoms with van der Waals surface area (Å²) in [7, 11) is 1.26. The molecule has 36 heavy (non-hydrogen) atoms. The van der Waals surface area contributed by atoms with Crippen LogP contribution in [-0.2, 0) is 19.2 Å². The van der Waals surface area contributed by atoms with Crippen molar-refractivity contribution in [1.29, 1.82) is 0 Å². The van der Waals surface area contributed by atoms with Crippen molar-refractivity contribution in [2.75, 3.05) is 25.1 Å². The zero-order chi connectivity index (χ0) is 25.6. The molecule has 14 nitrogen and oxygen atoms in total. The maximum atomic E-state index is 13.0. The predicted molar refractivity (Wildman–Crippen MR) is 130 cm³/mol. The van der Waals surface area contributed by atoms with Gasteiger partial charge < -0.3 is 25.9 Å². The number of carbonyl (C=O) groups is 3. The number of rotatable bonds is 7. The van der Waals surface area contributed by atoms with Gasteiger partial charge in [0.2, 0.25) is 11.5 Å². The summed E-state index contributed by atoms with van der Waals surface area (Å²) in [5.41, 5.74) is 10.0. The number of hydrazine groups is 1. The maximum absolute atomic E-state index is 13.0. The monoisotopic (exact) mass is 531 g/mol. The second-order valence-corrected chi connectivity index (χ2v) is 9.87. The summed E-state index contributed by atoms with van der Waals surface area (Å²) in [6.07, 6.45) is 7.53. The van der Waals surface area contributed by atoms with E-state index in [0.717, 1.165) is 23.1 Å². The third-order valence-corrected chi connectivity index (χ3v) is 7.55. The summed E-state index contributed by atoms with van der Waals surface area (Å²) in [5, 5.41) is 17.6. The standard InChI is InChI=1S/C20H21N9O5S2/c1-9-3-4-11-27(5-6-28(11)24-9)7-10-8-35-18-13(17(31)29(18)14(10)19(32)33)22-16(30)12(25-34-2)15-23-20(21)36-26-15/h3-6,13,18,24H,7-8H2,1-2H3,(H,22,30)(H,32,33)(H2,21,23,26)/b25-12-/t13-,18+/m1/s1. The number of carboxylic acids is 1. The highest BCUT2D eigenvalue weighted by atomic mass is 32.2. The van der Waals surface area contributed by atoms with E-state index in [0.29, 0.717) is 11.3 Å². The van der Waals surface area contributed by atoms with Gasteiger partial charge in [0.1, 0.15) is 30.0 Å². The zero-order valence-electron chi connectivity index (χ0n) is 19.0. The normalized spacial score (nSPS) is 22.9. The minimum atomic E-state index is -1.20. The fraction of sp³-hybridized carbons (Fsp3) is 0.300. The van der Waals surface area contributed by atoms with Gasteiger partial charge in [-0.25, -0.2) is 9.80 Å². The fourth-order valence-electron chi connectivity index (χ4n) is 4.10. The molecule has 0 radical (unpaired) electrons. The van der Waals surface area contributed by atoms with Crippen LogP contribution >= 0.6 is 23.3 Å². The molecule has 5 N–H and O–H groups in total. The first-order chi connectivity index (χ1) is 17.3. The molecule has 1 fully saturated rings. The van der Waals surface area contributed by atoms with Crippen LogP contribution < -0.4 is 16.5 Å². The highest BCUT2D eigenvalue weighted by molar-refractivity contribution is 8.00. The Kier molecular flexibility index (Phi) is 6.05. The molecule has 5 heterocycles. The molecule has 0 aromatic carbocycles. The summed E-state index contributed by atoms with van der Waals surface area (Å²) >= 11 is 2.26. The van der Waals surface area contributed by atoms with Gasteiger partial charge in [0.05, 0.1) is 0 Å². The number of fused-ring (bicyclic) bond motifs is 2. The number of allylic oxidation sites excluding steroid dienone is 3. The van der Waals surface area contributed by atoms with Crippen molar-refractivity contribution in [3.63, 3.8) is 0 Å². The van der Waals surface area contributed by atoms with Crippen molar-refractivity contribution in [1.82, 2.24) is 34.9 Å². The number of carboxylic acid groups (broad SMARTS) is 1. The minimum Gasteiger partial charge on any atom is -0.477 e. The topological polar surface area (TPSA) is 179 Å². The number of nitrogen functional groups attached to an aromatic ring is 1. The summed E-state index contributed by atoms with van der Waals surface area (Å²) in [5.74, 6) is -1.30. The second-order valence-electron chi connectivity index (χ2n) is 7.98. The lowest BCUT2D eigenvalue weighted by Crippen LogP contribution is -2.71. The molecule has 4 aliphatic rings. The first kappa shape index (κ1) is 23.7. The van der Waals surface area contributed by atoms with Crippen LogP contribution in [0.2, 0.25) is 0 Å². The number of anilines is 1. The molecule has 0 bridgehead atoms. The van der Waals surface area contributed by atoms with E-state index in [1.165, 1.54) is 23.8 Å². The number of carbonyl (C=O) groups excluding carboxylic acids is 2. The number of amides is 2. The highest BCUT2D eigenvalue weighted by Gasteiger charge is 2.54. The molecular formula is C20H21N9O5S2. The van der Waals surface area contributed by atoms with Crippen LogP contribution in [0.25, 0.3) is 0 Å². The summed E-state index contributed by atoms with van der Waals surface area (Å²) in [4.78, 5) is 49.9. The van der Waals surface area contributed by atoms with Crippen molar-refractivity contribution >= 4 is 51.9 Å². The van der Waals surface area contributed by atoms with E-state index < -0.39 is 29.2 Å². The average molecular weight is 532 g/mol. The molecule has 1 aromatic heterocycles. The van der Waals surface area contributed by atoms with E-state index in [-0.39, 0.29) is 28.9 Å². The number of oxime groups is 1. The first-order valence-corrected chi connectivity index (χ1v) is 12.4. The number of hydrogen-bond donors (Lipinski definition) is 4. The Morgan fingerprint density at radius 2 is 2.19 bits per heavy atom. The van der Waals surface area contributed by atoms with Gasteiger partial charge in [-0.3, -0.25) is 19.9 Å². The van der Waals surface area contributed by atoms with Crippen LogP contribution in [0.4, 0.5) is 5.13 Å². The number of aromatic nitrogens is 2. The molecule has 0 spiro atoms. The number of nitrogens with two attached hydrogens (primary N) is 1. The molecule has 1 saturated heterocycles. The van der Waals surface area contributed by atoms with E-state index in [1.807, 2.05) is 41.4 Å². The summed E-state index contributed by atoms with van der Waals surface area (Å²) in [6.45, 7) is 2.22. The largest absolute Gasteiger partial charge is 0.477 e. The van der Waals surface area contributed by atoms with Gasteiger partial charge in [-0.15, -0.1) is 11.8 Å². The number of thioether (sulfide) groups is 1. The lowest BCUT2D eigenvalue weighted by atomic mass is 10.0. The molecule has 16 heteroatoms. The molecule has 0 unspecified atom stereocenters. The van der Waals surface area contributed by atoms with Gasteiger partial charge in [-0.05, 0) is 24.6 Å². The Morgan fingerprint density at radius 3 is 2.89 bits per heavy atom. The predicted octanol–water partition coefficient (Wildman–Crippen LogP) is -0.438. The van der Waals surface area contributed by atoms with Crippen molar-refractivity contribution in [2.45, 2.75) is 18.3 Å². The van der Waals surface area contributed by atoms with Crippen LogP contribution in [-0.4, -0.2) is 83.6 Å². The van der Waals surface area contributed by atoms with E-state index in [1.54, 1.807) is 0 Å². The molecule has 1 aromatic rings. The molecule has 0 saturated carbocycles. The van der Waals surface area contributed by atoms with Gasteiger partial charge in [0, 0.05) is 41.9 Å². The quantitative estimate of drug-likeness (QED) is 0.203. The highest BCUT2D eigenvalue weighted by Crippen LogP contribution is 2.41. The molecule has 188 valence electrons. The van der Waals surface area contributed by atoms with Gasteiger partial charge in [-0.2, -0.15) is 9.36 Å². The number of aliphatic carboxylic acids is 1. The third kappa shape index (κ3) is 4.03. The summed E-state index contributed by atoms with van der Waals surface area (Å²) in [6, 6.07) is -0.947. The SMILES string of the molecule is CO/N=C(\C(=O)N[C@@H]1C(=O)N2C(C(=O)O)=C(CN3C=CN4NC(C)=CC=C34)CS[C@@H]12)c1nsc(N)n1. The fourth-order valence-corrected chi connectivity index (χ4v) is 5.87. The lowest BCUT2D eigenvalue weighted by Gasteiger charge is -2.49. The number of hydrogen-bond acceptors (Lipinski definition) is 13. The Hall–Kier alpha value is -4.05. The molecular weight excluding hydrogens is 510 g/mol. The molecule has 2 atom stereocenters. The van der Waals surface area contributed by atoms with Crippen molar-refractivity contribution < 1.29 is 24.3 Å². The number of β-lactam (4-membered cyclic amide) rings is 1. The van der Waals surface area contributed by atoms with E-state index in [9.17, 15) is 19.5 Å². The van der Waals surface area contributed by atoms with Crippen LogP contribution in [0.15, 0.2) is 52.5 Å². The van der Waals surface area contributed by atoms with E-state index in [4.69, 9.17) is 10.6 Å². The number of nitrogens with zero attached hydrogens (tertiary/aromatic N) is 6. The van der Waals surface area contributed by atoms with Crippen LogP contribution in [0.3, 0.4) is 0 Å². The van der Waals surface area contributed by atoms with Gasteiger partial charge in [0.25, 0.3) is 11.8 Å². The Morgan fingerprint density at radius 1 is 1.39 bits per heavy atom. The molecule has 4 aliphatic heterocycles. The third-order valence-electron chi connectivity index (χ3n) is 5.66. The van der Waals surface area contributed by atoms with Crippen molar-refractivity contribution in [3.05, 3.63) is 53.2 Å². The van der Waals surface area contributed by atoms with E-state index in [2.05, 4.69) is 25.3 Å². The Bertz CT molecular complexity index is 1300. The second kappa shape index (κ2) is 9.19. The lowest BCUT2D eigenvalue weighted by molar-refractivity contribution is -0.150. The molecule has 5 rings (SSSR count). The van der Waals surface area contributed by atoms with Crippen molar-refractivity contribution in [2.24, 2.45) is 5.16 Å². The van der Waals surface area contributed by atoms with Gasteiger partial charge in [0.15, 0.2) is 5.13 Å². The minimum absolute atomic E-state index is 0.0329.